The monoisotopic (exact) mass is 329 g/mol. The summed E-state index contributed by atoms with van der Waals surface area (Å²) in [5.41, 5.74) is 2.66. The Labute approximate surface area is 141 Å². The topological polar surface area (TPSA) is 84.2 Å². The lowest BCUT2D eigenvalue weighted by Crippen LogP contribution is -2.32. The normalized spacial score (nSPS) is 12.0. The summed E-state index contributed by atoms with van der Waals surface area (Å²) in [7, 11) is 0. The standard InChI is InChI=1S/C18H23N3O3/c1-4-10-21-13(3)16(12(2)20-21)17(22)19-11-15(18(23)24)14-8-6-5-7-9-14/h5-9,15H,4,10-11H2,1-3H3,(H,19,22)(H,23,24). The number of nitrogens with one attached hydrogen (secondary N) is 1. The molecule has 1 unspecified atom stereocenters. The van der Waals surface area contributed by atoms with Gasteiger partial charge in [-0.2, -0.15) is 5.10 Å². The van der Waals surface area contributed by atoms with Crippen LogP contribution in [0.1, 0.15) is 46.6 Å². The fraction of sp³-hybridized carbons (Fsp3) is 0.389. The van der Waals surface area contributed by atoms with E-state index < -0.39 is 11.9 Å². The highest BCUT2D eigenvalue weighted by Crippen LogP contribution is 2.17. The van der Waals surface area contributed by atoms with E-state index in [2.05, 4.69) is 10.4 Å². The van der Waals surface area contributed by atoms with Gasteiger partial charge in [-0.15, -0.1) is 0 Å². The molecule has 1 aromatic carbocycles. The van der Waals surface area contributed by atoms with Crippen molar-refractivity contribution in [2.24, 2.45) is 0 Å². The largest absolute Gasteiger partial charge is 0.481 e. The van der Waals surface area contributed by atoms with Crippen molar-refractivity contribution in [3.05, 3.63) is 52.8 Å². The molecule has 1 atom stereocenters. The van der Waals surface area contributed by atoms with Gasteiger partial charge in [0, 0.05) is 18.8 Å². The number of carboxylic acids is 1. The molecule has 24 heavy (non-hydrogen) atoms. The highest BCUT2D eigenvalue weighted by Gasteiger charge is 2.23. The lowest BCUT2D eigenvalue weighted by molar-refractivity contribution is -0.138. The van der Waals surface area contributed by atoms with E-state index in [0.717, 1.165) is 18.7 Å². The van der Waals surface area contributed by atoms with Gasteiger partial charge in [-0.05, 0) is 25.8 Å². The summed E-state index contributed by atoms with van der Waals surface area (Å²) in [6.45, 7) is 6.49. The van der Waals surface area contributed by atoms with Crippen molar-refractivity contribution in [2.75, 3.05) is 6.54 Å². The molecule has 0 aliphatic heterocycles. The number of carbonyl (C=O) groups excluding carboxylic acids is 1. The van der Waals surface area contributed by atoms with Crippen molar-refractivity contribution in [3.8, 4) is 0 Å². The Morgan fingerprint density at radius 3 is 2.50 bits per heavy atom. The zero-order chi connectivity index (χ0) is 17.7. The van der Waals surface area contributed by atoms with Gasteiger partial charge in [0.25, 0.3) is 5.91 Å². The Kier molecular flexibility index (Phi) is 5.73. The molecule has 0 aliphatic carbocycles. The van der Waals surface area contributed by atoms with Crippen LogP contribution < -0.4 is 5.32 Å². The van der Waals surface area contributed by atoms with Crippen LogP contribution in [-0.2, 0) is 11.3 Å². The summed E-state index contributed by atoms with van der Waals surface area (Å²) in [6.07, 6.45) is 0.929. The highest BCUT2D eigenvalue weighted by atomic mass is 16.4. The Morgan fingerprint density at radius 2 is 1.92 bits per heavy atom. The average molecular weight is 329 g/mol. The lowest BCUT2D eigenvalue weighted by atomic mass is 9.99. The van der Waals surface area contributed by atoms with Gasteiger partial charge in [-0.3, -0.25) is 14.3 Å². The van der Waals surface area contributed by atoms with Crippen molar-refractivity contribution >= 4 is 11.9 Å². The minimum Gasteiger partial charge on any atom is -0.481 e. The third-order valence-corrected chi connectivity index (χ3v) is 4.01. The highest BCUT2D eigenvalue weighted by molar-refractivity contribution is 5.96. The van der Waals surface area contributed by atoms with Gasteiger partial charge < -0.3 is 10.4 Å². The quantitative estimate of drug-likeness (QED) is 0.817. The number of rotatable bonds is 7. The predicted octanol–water partition coefficient (Wildman–Crippen LogP) is 2.51. The average Bonchev–Trinajstić information content (AvgIpc) is 2.82. The number of carbonyl (C=O) groups is 2. The number of benzene rings is 1. The van der Waals surface area contributed by atoms with Crippen LogP contribution in [-0.4, -0.2) is 33.3 Å². The lowest BCUT2D eigenvalue weighted by Gasteiger charge is -2.14. The van der Waals surface area contributed by atoms with Crippen LogP contribution in [0.4, 0.5) is 0 Å². The summed E-state index contributed by atoms with van der Waals surface area (Å²) in [4.78, 5) is 24.0. The smallest absolute Gasteiger partial charge is 0.312 e. The van der Waals surface area contributed by atoms with Crippen molar-refractivity contribution in [2.45, 2.75) is 39.7 Å². The van der Waals surface area contributed by atoms with Crippen LogP contribution >= 0.6 is 0 Å². The van der Waals surface area contributed by atoms with Crippen molar-refractivity contribution in [1.82, 2.24) is 15.1 Å². The molecule has 0 aliphatic rings. The first kappa shape index (κ1) is 17.7. The minimum atomic E-state index is -0.961. The molecular formula is C18H23N3O3. The first-order chi connectivity index (χ1) is 11.5. The molecule has 1 aromatic heterocycles. The molecule has 0 fully saturated rings. The minimum absolute atomic E-state index is 0.0377. The van der Waals surface area contributed by atoms with Gasteiger partial charge in [0.1, 0.15) is 0 Å². The maximum atomic E-state index is 12.5. The second-order valence-corrected chi connectivity index (χ2v) is 5.78. The number of carboxylic acid groups (broad SMARTS) is 1. The predicted molar refractivity (Wildman–Crippen MR) is 91.1 cm³/mol. The maximum absolute atomic E-state index is 12.5. The molecule has 0 radical (unpaired) electrons. The number of aliphatic carboxylic acids is 1. The number of amides is 1. The van der Waals surface area contributed by atoms with E-state index in [1.807, 2.05) is 24.6 Å². The Hall–Kier alpha value is -2.63. The first-order valence-electron chi connectivity index (χ1n) is 8.05. The van der Waals surface area contributed by atoms with Gasteiger partial charge in [0.2, 0.25) is 0 Å². The SMILES string of the molecule is CCCn1nc(C)c(C(=O)NCC(C(=O)O)c2ccccc2)c1C. The van der Waals surface area contributed by atoms with E-state index in [1.54, 1.807) is 31.2 Å². The van der Waals surface area contributed by atoms with Gasteiger partial charge in [-0.1, -0.05) is 37.3 Å². The fourth-order valence-electron chi connectivity index (χ4n) is 2.77. The van der Waals surface area contributed by atoms with E-state index in [1.165, 1.54) is 0 Å². The van der Waals surface area contributed by atoms with Crippen molar-refractivity contribution in [1.29, 1.82) is 0 Å². The molecular weight excluding hydrogens is 306 g/mol. The number of aryl methyl sites for hydroxylation is 2. The van der Waals surface area contributed by atoms with Gasteiger partial charge in [0.05, 0.1) is 17.2 Å². The molecule has 6 heteroatoms. The van der Waals surface area contributed by atoms with Crippen LogP contribution in [0.25, 0.3) is 0 Å². The van der Waals surface area contributed by atoms with Crippen molar-refractivity contribution < 1.29 is 14.7 Å². The Balaban J connectivity index is 2.13. The number of aromatic nitrogens is 2. The second-order valence-electron chi connectivity index (χ2n) is 5.78. The zero-order valence-corrected chi connectivity index (χ0v) is 14.2. The summed E-state index contributed by atoms with van der Waals surface area (Å²) in [6, 6.07) is 8.91. The molecule has 0 saturated heterocycles. The van der Waals surface area contributed by atoms with Gasteiger partial charge >= 0.3 is 5.97 Å². The van der Waals surface area contributed by atoms with Crippen LogP contribution in [0, 0.1) is 13.8 Å². The van der Waals surface area contributed by atoms with E-state index in [0.29, 0.717) is 16.8 Å². The molecule has 1 amide bonds. The van der Waals surface area contributed by atoms with E-state index >= 15 is 0 Å². The molecule has 2 aromatic rings. The molecule has 1 heterocycles. The summed E-state index contributed by atoms with van der Waals surface area (Å²) in [5, 5.41) is 16.5. The first-order valence-corrected chi connectivity index (χ1v) is 8.05. The molecule has 0 bridgehead atoms. The van der Waals surface area contributed by atoms with Gasteiger partial charge in [0.15, 0.2) is 0 Å². The zero-order valence-electron chi connectivity index (χ0n) is 14.2. The van der Waals surface area contributed by atoms with Crippen molar-refractivity contribution in [3.63, 3.8) is 0 Å². The number of nitrogens with zero attached hydrogens (tertiary/aromatic N) is 2. The maximum Gasteiger partial charge on any atom is 0.312 e. The second kappa shape index (κ2) is 7.77. The third-order valence-electron chi connectivity index (χ3n) is 4.01. The van der Waals surface area contributed by atoms with Crippen LogP contribution in [0.15, 0.2) is 30.3 Å². The number of hydrogen-bond acceptors (Lipinski definition) is 3. The van der Waals surface area contributed by atoms with Crippen LogP contribution in [0.5, 0.6) is 0 Å². The molecule has 0 saturated carbocycles. The van der Waals surface area contributed by atoms with Gasteiger partial charge in [-0.25, -0.2) is 0 Å². The third kappa shape index (κ3) is 3.82. The fourth-order valence-corrected chi connectivity index (χ4v) is 2.77. The molecule has 0 spiro atoms. The van der Waals surface area contributed by atoms with Crippen LogP contribution in [0.2, 0.25) is 0 Å². The summed E-state index contributed by atoms with van der Waals surface area (Å²) < 4.78 is 1.82. The molecule has 128 valence electrons. The van der Waals surface area contributed by atoms with E-state index in [4.69, 9.17) is 0 Å². The summed E-state index contributed by atoms with van der Waals surface area (Å²) in [5.74, 6) is -2.02. The van der Waals surface area contributed by atoms with E-state index in [9.17, 15) is 14.7 Å². The van der Waals surface area contributed by atoms with E-state index in [-0.39, 0.29) is 12.5 Å². The molecule has 6 nitrogen and oxygen atoms in total. The Bertz CT molecular complexity index is 723. The molecule has 2 rings (SSSR count). The summed E-state index contributed by atoms with van der Waals surface area (Å²) >= 11 is 0. The molecule has 2 N–H and O–H groups in total. The number of hydrogen-bond donors (Lipinski definition) is 2. The Morgan fingerprint density at radius 1 is 1.25 bits per heavy atom. The van der Waals surface area contributed by atoms with Crippen LogP contribution in [0.3, 0.4) is 0 Å².